The van der Waals surface area contributed by atoms with Crippen LogP contribution in [0.1, 0.15) is 6.92 Å². The van der Waals surface area contributed by atoms with Gasteiger partial charge in [-0.05, 0) is 19.1 Å². The quantitative estimate of drug-likeness (QED) is 0.584. The van der Waals surface area contributed by atoms with E-state index in [0.717, 1.165) is 5.01 Å². The molecule has 0 spiro atoms. The molecule has 1 rings (SSSR count). The van der Waals surface area contributed by atoms with Crippen molar-refractivity contribution in [3.63, 3.8) is 0 Å². The number of aliphatic carboxylic acids is 1. The Morgan fingerprint density at radius 1 is 1.43 bits per heavy atom. The summed E-state index contributed by atoms with van der Waals surface area (Å²) in [4.78, 5) is 21.1. The molecule has 5 nitrogen and oxygen atoms in total. The zero-order valence-electron chi connectivity index (χ0n) is 7.62. The predicted molar refractivity (Wildman–Crippen MR) is 51.8 cm³/mol. The zero-order valence-corrected chi connectivity index (χ0v) is 7.62. The predicted octanol–water partition coefficient (Wildman–Crippen LogP) is 1.65. The molecule has 0 fully saturated rings. The van der Waals surface area contributed by atoms with E-state index in [4.69, 9.17) is 5.11 Å². The number of nitrogens with zero attached hydrogens (tertiary/aromatic N) is 2. The molecule has 0 aliphatic heterocycles. The van der Waals surface area contributed by atoms with Crippen molar-refractivity contribution >= 4 is 11.7 Å². The maximum atomic E-state index is 10.6. The molecular formula is C9H10N2O3. The molecule has 1 N–H and O–H groups in total. The minimum absolute atomic E-state index is 0.470. The SMILES string of the molecule is C[C@H](C(=O)O)N(N=O)c1ccccc1. The summed E-state index contributed by atoms with van der Waals surface area (Å²) >= 11 is 0. The van der Waals surface area contributed by atoms with Crippen LogP contribution in [0.3, 0.4) is 0 Å². The van der Waals surface area contributed by atoms with Gasteiger partial charge in [-0.2, -0.15) is 0 Å². The van der Waals surface area contributed by atoms with E-state index in [1.807, 2.05) is 0 Å². The van der Waals surface area contributed by atoms with Gasteiger partial charge in [0.05, 0.1) is 11.0 Å². The van der Waals surface area contributed by atoms with Crippen LogP contribution in [0, 0.1) is 4.91 Å². The molecule has 14 heavy (non-hydrogen) atoms. The smallest absolute Gasteiger partial charge is 0.328 e. The highest BCUT2D eigenvalue weighted by atomic mass is 16.4. The van der Waals surface area contributed by atoms with Crippen LogP contribution in [0.4, 0.5) is 5.69 Å². The molecule has 0 amide bonds. The number of carboxylic acids is 1. The van der Waals surface area contributed by atoms with Gasteiger partial charge in [0.25, 0.3) is 0 Å². The largest absolute Gasteiger partial charge is 0.480 e. The van der Waals surface area contributed by atoms with E-state index in [2.05, 4.69) is 5.29 Å². The molecule has 5 heteroatoms. The zero-order chi connectivity index (χ0) is 10.6. The maximum absolute atomic E-state index is 10.6. The molecule has 0 aromatic heterocycles. The molecular weight excluding hydrogens is 184 g/mol. The van der Waals surface area contributed by atoms with Crippen LogP contribution in [0.15, 0.2) is 35.6 Å². The molecule has 0 heterocycles. The molecule has 0 saturated carbocycles. The van der Waals surface area contributed by atoms with Gasteiger partial charge in [0.1, 0.15) is 6.04 Å². The number of para-hydroxylation sites is 1. The molecule has 0 unspecified atom stereocenters. The molecule has 1 atom stereocenters. The normalized spacial score (nSPS) is 11.8. The molecule has 0 bridgehead atoms. The van der Waals surface area contributed by atoms with Crippen molar-refractivity contribution in [2.75, 3.05) is 5.01 Å². The summed E-state index contributed by atoms with van der Waals surface area (Å²) in [5.74, 6) is -1.09. The second-order valence-corrected chi connectivity index (χ2v) is 2.78. The van der Waals surface area contributed by atoms with Gasteiger partial charge in [-0.3, -0.25) is 0 Å². The van der Waals surface area contributed by atoms with Gasteiger partial charge in [-0.1, -0.05) is 18.2 Å². The van der Waals surface area contributed by atoms with Gasteiger partial charge in [0.15, 0.2) is 0 Å². The van der Waals surface area contributed by atoms with Crippen molar-refractivity contribution in [1.29, 1.82) is 0 Å². The first kappa shape index (κ1) is 10.2. The van der Waals surface area contributed by atoms with E-state index >= 15 is 0 Å². The summed E-state index contributed by atoms with van der Waals surface area (Å²) < 4.78 is 0. The Hall–Kier alpha value is -1.91. The van der Waals surface area contributed by atoms with Crippen LogP contribution in [0.2, 0.25) is 0 Å². The highest BCUT2D eigenvalue weighted by molar-refractivity contribution is 5.77. The monoisotopic (exact) mass is 194 g/mol. The number of rotatable bonds is 4. The second-order valence-electron chi connectivity index (χ2n) is 2.78. The third kappa shape index (κ3) is 2.07. The summed E-state index contributed by atoms with van der Waals surface area (Å²) in [6.45, 7) is 1.40. The van der Waals surface area contributed by atoms with Crippen molar-refractivity contribution in [2.24, 2.45) is 5.29 Å². The van der Waals surface area contributed by atoms with Crippen LogP contribution in [-0.4, -0.2) is 17.1 Å². The van der Waals surface area contributed by atoms with E-state index < -0.39 is 12.0 Å². The number of hydrogen-bond acceptors (Lipinski definition) is 3. The molecule has 1 aromatic rings. The third-order valence-corrected chi connectivity index (χ3v) is 1.83. The minimum Gasteiger partial charge on any atom is -0.480 e. The Balaban J connectivity index is 2.93. The molecule has 0 radical (unpaired) electrons. The lowest BCUT2D eigenvalue weighted by atomic mass is 10.2. The first-order chi connectivity index (χ1) is 6.66. The van der Waals surface area contributed by atoms with E-state index in [9.17, 15) is 9.70 Å². The number of carbonyl (C=O) groups is 1. The first-order valence-electron chi connectivity index (χ1n) is 4.07. The van der Waals surface area contributed by atoms with Crippen molar-refractivity contribution in [1.82, 2.24) is 0 Å². The lowest BCUT2D eigenvalue weighted by molar-refractivity contribution is -0.138. The summed E-state index contributed by atoms with van der Waals surface area (Å²) in [6, 6.07) is 7.49. The highest BCUT2D eigenvalue weighted by Crippen LogP contribution is 2.16. The Morgan fingerprint density at radius 3 is 2.43 bits per heavy atom. The van der Waals surface area contributed by atoms with Crippen LogP contribution in [0.25, 0.3) is 0 Å². The average Bonchev–Trinajstić information content (AvgIpc) is 2.20. The van der Waals surface area contributed by atoms with E-state index in [1.54, 1.807) is 30.3 Å². The Bertz CT molecular complexity index is 326. The number of hydrogen-bond donors (Lipinski definition) is 1. The number of carboxylic acid groups (broad SMARTS) is 1. The van der Waals surface area contributed by atoms with Crippen molar-refractivity contribution in [2.45, 2.75) is 13.0 Å². The van der Waals surface area contributed by atoms with Crippen LogP contribution in [0.5, 0.6) is 0 Å². The van der Waals surface area contributed by atoms with E-state index in [-0.39, 0.29) is 0 Å². The third-order valence-electron chi connectivity index (χ3n) is 1.83. The molecule has 0 aliphatic carbocycles. The average molecular weight is 194 g/mol. The lowest BCUT2D eigenvalue weighted by Crippen LogP contribution is -2.34. The highest BCUT2D eigenvalue weighted by Gasteiger charge is 2.21. The number of nitroso groups, excluding NO2 is 1. The number of benzene rings is 1. The van der Waals surface area contributed by atoms with Gasteiger partial charge in [0, 0.05) is 0 Å². The minimum atomic E-state index is -1.09. The van der Waals surface area contributed by atoms with Crippen LogP contribution in [-0.2, 0) is 4.79 Å². The van der Waals surface area contributed by atoms with Crippen LogP contribution < -0.4 is 5.01 Å². The first-order valence-corrected chi connectivity index (χ1v) is 4.07. The Morgan fingerprint density at radius 2 is 2.00 bits per heavy atom. The molecule has 1 aromatic carbocycles. The standard InChI is InChI=1S/C9H10N2O3/c1-7(9(12)13)11(10-14)8-5-3-2-4-6-8/h2-7H,1H3,(H,12,13)/t7-/m1/s1. The summed E-state index contributed by atoms with van der Waals surface area (Å²) in [6.07, 6.45) is 0. The molecule has 74 valence electrons. The fourth-order valence-corrected chi connectivity index (χ4v) is 1.03. The fraction of sp³-hybridized carbons (Fsp3) is 0.222. The van der Waals surface area contributed by atoms with E-state index in [1.165, 1.54) is 6.92 Å². The van der Waals surface area contributed by atoms with Crippen molar-refractivity contribution in [3.05, 3.63) is 35.2 Å². The lowest BCUT2D eigenvalue weighted by Gasteiger charge is -2.18. The van der Waals surface area contributed by atoms with Gasteiger partial charge >= 0.3 is 5.97 Å². The summed E-state index contributed by atoms with van der Waals surface area (Å²) in [7, 11) is 0. The maximum Gasteiger partial charge on any atom is 0.328 e. The van der Waals surface area contributed by atoms with E-state index in [0.29, 0.717) is 5.69 Å². The van der Waals surface area contributed by atoms with Gasteiger partial charge in [-0.25, -0.2) is 9.80 Å². The Kier molecular flexibility index (Phi) is 3.17. The van der Waals surface area contributed by atoms with Gasteiger partial charge in [0.2, 0.25) is 0 Å². The van der Waals surface area contributed by atoms with Gasteiger partial charge < -0.3 is 5.11 Å². The Labute approximate surface area is 80.9 Å². The summed E-state index contributed by atoms with van der Waals surface area (Å²) in [5, 5.41) is 12.3. The second kappa shape index (κ2) is 4.36. The van der Waals surface area contributed by atoms with Crippen molar-refractivity contribution in [3.8, 4) is 0 Å². The number of anilines is 1. The molecule has 0 saturated heterocycles. The summed E-state index contributed by atoms with van der Waals surface area (Å²) in [5.41, 5.74) is 0.470. The van der Waals surface area contributed by atoms with Crippen LogP contribution >= 0.6 is 0 Å². The topological polar surface area (TPSA) is 70.0 Å². The molecule has 0 aliphatic rings. The fourth-order valence-electron chi connectivity index (χ4n) is 1.03. The van der Waals surface area contributed by atoms with Gasteiger partial charge in [-0.15, -0.1) is 4.91 Å². The van der Waals surface area contributed by atoms with Crippen molar-refractivity contribution < 1.29 is 9.90 Å².